The lowest BCUT2D eigenvalue weighted by atomic mass is 10.0. The average molecular weight is 381 g/mol. The summed E-state index contributed by atoms with van der Waals surface area (Å²) in [4.78, 5) is 12.8. The van der Waals surface area contributed by atoms with E-state index in [2.05, 4.69) is 15.9 Å². The maximum absolute atomic E-state index is 12.8. The van der Waals surface area contributed by atoms with E-state index in [0.29, 0.717) is 38.6 Å². The van der Waals surface area contributed by atoms with Gasteiger partial charge in [-0.1, -0.05) is 0 Å². The fourth-order valence-electron chi connectivity index (χ4n) is 2.12. The van der Waals surface area contributed by atoms with E-state index < -0.39 is 0 Å². The van der Waals surface area contributed by atoms with Crippen LogP contribution in [0.5, 0.6) is 23.0 Å². The first kappa shape index (κ1) is 17.1. The molecule has 0 amide bonds. The van der Waals surface area contributed by atoms with E-state index in [1.807, 2.05) is 0 Å². The first-order valence-electron chi connectivity index (χ1n) is 6.73. The molecule has 0 heterocycles. The van der Waals surface area contributed by atoms with Gasteiger partial charge in [-0.2, -0.15) is 0 Å². The van der Waals surface area contributed by atoms with Crippen LogP contribution in [0.25, 0.3) is 0 Å². The largest absolute Gasteiger partial charge is 0.497 e. The van der Waals surface area contributed by atoms with Crippen LogP contribution in [0.2, 0.25) is 0 Å². The monoisotopic (exact) mass is 380 g/mol. The first-order chi connectivity index (χ1) is 11.0. The van der Waals surface area contributed by atoms with Gasteiger partial charge in [-0.05, 0) is 40.2 Å². The SMILES string of the molecule is COc1cc(OC)cc(C(=O)c2cc(OC)c(OC)cc2Br)c1. The van der Waals surface area contributed by atoms with Gasteiger partial charge in [-0.3, -0.25) is 4.79 Å². The molecule has 2 aromatic carbocycles. The van der Waals surface area contributed by atoms with Crippen molar-refractivity contribution in [2.45, 2.75) is 0 Å². The molecule has 6 heteroatoms. The molecule has 0 saturated carbocycles. The van der Waals surface area contributed by atoms with Crippen LogP contribution in [0.1, 0.15) is 15.9 Å². The summed E-state index contributed by atoms with van der Waals surface area (Å²) in [5.74, 6) is 1.93. The summed E-state index contributed by atoms with van der Waals surface area (Å²) in [7, 11) is 6.14. The van der Waals surface area contributed by atoms with Gasteiger partial charge in [-0.15, -0.1) is 0 Å². The maximum Gasteiger partial charge on any atom is 0.194 e. The van der Waals surface area contributed by atoms with Crippen molar-refractivity contribution in [3.8, 4) is 23.0 Å². The van der Waals surface area contributed by atoms with E-state index in [-0.39, 0.29) is 5.78 Å². The Labute approximate surface area is 143 Å². The number of carbonyl (C=O) groups excluding carboxylic acids is 1. The molecule has 2 rings (SSSR count). The third kappa shape index (κ3) is 3.59. The highest BCUT2D eigenvalue weighted by Gasteiger charge is 2.18. The van der Waals surface area contributed by atoms with Gasteiger partial charge in [0.25, 0.3) is 0 Å². The summed E-state index contributed by atoms with van der Waals surface area (Å²) >= 11 is 3.40. The molecule has 5 nitrogen and oxygen atoms in total. The lowest BCUT2D eigenvalue weighted by Crippen LogP contribution is -2.05. The zero-order chi connectivity index (χ0) is 17.0. The summed E-state index contributed by atoms with van der Waals surface area (Å²) in [5.41, 5.74) is 0.909. The Morgan fingerprint density at radius 2 is 1.30 bits per heavy atom. The quantitative estimate of drug-likeness (QED) is 0.714. The number of halogens is 1. The minimum atomic E-state index is -0.185. The van der Waals surface area contributed by atoms with Crippen LogP contribution in [0.3, 0.4) is 0 Å². The Hall–Kier alpha value is -2.21. The molecule has 0 aliphatic heterocycles. The van der Waals surface area contributed by atoms with Crippen molar-refractivity contribution >= 4 is 21.7 Å². The topological polar surface area (TPSA) is 54.0 Å². The van der Waals surface area contributed by atoms with Crippen LogP contribution in [-0.4, -0.2) is 34.2 Å². The smallest absolute Gasteiger partial charge is 0.194 e. The molecular formula is C17H17BrO5. The molecule has 0 aliphatic carbocycles. The molecule has 0 N–H and O–H groups in total. The lowest BCUT2D eigenvalue weighted by molar-refractivity contribution is 0.103. The number of methoxy groups -OCH3 is 4. The van der Waals surface area contributed by atoms with Crippen molar-refractivity contribution in [2.75, 3.05) is 28.4 Å². The third-order valence-electron chi connectivity index (χ3n) is 3.33. The molecule has 0 unspecified atom stereocenters. The van der Waals surface area contributed by atoms with E-state index in [4.69, 9.17) is 18.9 Å². The Kier molecular flexibility index (Phi) is 5.50. The summed E-state index contributed by atoms with van der Waals surface area (Å²) in [6.07, 6.45) is 0. The van der Waals surface area contributed by atoms with Gasteiger partial charge in [0.15, 0.2) is 17.3 Å². The number of rotatable bonds is 6. The van der Waals surface area contributed by atoms with Gasteiger partial charge in [0, 0.05) is 21.7 Å². The lowest BCUT2D eigenvalue weighted by Gasteiger charge is -2.12. The van der Waals surface area contributed by atoms with Crippen LogP contribution < -0.4 is 18.9 Å². The molecule has 0 atom stereocenters. The summed E-state index contributed by atoms with van der Waals surface area (Å²) in [6.45, 7) is 0. The van der Waals surface area contributed by atoms with Crippen molar-refractivity contribution < 1.29 is 23.7 Å². The maximum atomic E-state index is 12.8. The van der Waals surface area contributed by atoms with Crippen LogP contribution in [0, 0.1) is 0 Å². The number of ether oxygens (including phenoxy) is 4. The second kappa shape index (κ2) is 7.37. The van der Waals surface area contributed by atoms with Crippen molar-refractivity contribution in [2.24, 2.45) is 0 Å². The average Bonchev–Trinajstić information content (AvgIpc) is 2.60. The summed E-state index contributed by atoms with van der Waals surface area (Å²) in [5, 5.41) is 0. The number of hydrogen-bond donors (Lipinski definition) is 0. The molecule has 23 heavy (non-hydrogen) atoms. The Balaban J connectivity index is 2.52. The van der Waals surface area contributed by atoms with Gasteiger partial charge in [0.2, 0.25) is 0 Å². The molecule has 0 saturated heterocycles. The van der Waals surface area contributed by atoms with Gasteiger partial charge in [0.1, 0.15) is 11.5 Å². The van der Waals surface area contributed by atoms with E-state index in [9.17, 15) is 4.79 Å². The van der Waals surface area contributed by atoms with Crippen LogP contribution in [0.4, 0.5) is 0 Å². The number of carbonyl (C=O) groups is 1. The minimum Gasteiger partial charge on any atom is -0.497 e. The Bertz CT molecular complexity index is 705. The van der Waals surface area contributed by atoms with E-state index in [0.717, 1.165) is 0 Å². The number of hydrogen-bond acceptors (Lipinski definition) is 5. The summed E-state index contributed by atoms with van der Waals surface area (Å²) in [6, 6.07) is 8.36. The second-order valence-electron chi connectivity index (χ2n) is 4.62. The molecule has 0 radical (unpaired) electrons. The molecule has 0 fully saturated rings. The van der Waals surface area contributed by atoms with Crippen molar-refractivity contribution in [1.29, 1.82) is 0 Å². The molecule has 122 valence electrons. The highest BCUT2D eigenvalue weighted by Crippen LogP contribution is 2.35. The highest BCUT2D eigenvalue weighted by atomic mass is 79.9. The standard InChI is InChI=1S/C17H17BrO5/c1-20-11-5-10(6-12(7-11)21-2)17(19)13-8-15(22-3)16(23-4)9-14(13)18/h5-9H,1-4H3. The van der Waals surface area contributed by atoms with Crippen molar-refractivity contribution in [3.05, 3.63) is 45.9 Å². The van der Waals surface area contributed by atoms with Crippen molar-refractivity contribution in [3.63, 3.8) is 0 Å². The zero-order valence-electron chi connectivity index (χ0n) is 13.3. The Morgan fingerprint density at radius 3 is 1.78 bits per heavy atom. The minimum absolute atomic E-state index is 0.185. The van der Waals surface area contributed by atoms with Crippen LogP contribution >= 0.6 is 15.9 Å². The highest BCUT2D eigenvalue weighted by molar-refractivity contribution is 9.10. The predicted molar refractivity (Wildman–Crippen MR) is 90.2 cm³/mol. The number of ketones is 1. The van der Waals surface area contributed by atoms with Crippen LogP contribution in [-0.2, 0) is 0 Å². The van der Waals surface area contributed by atoms with Gasteiger partial charge in [-0.25, -0.2) is 0 Å². The molecule has 0 aliphatic rings. The molecule has 0 spiro atoms. The molecule has 0 aromatic heterocycles. The fourth-order valence-corrected chi connectivity index (χ4v) is 2.62. The summed E-state index contributed by atoms with van der Waals surface area (Å²) < 4.78 is 21.5. The second-order valence-corrected chi connectivity index (χ2v) is 5.47. The molecule has 2 aromatic rings. The van der Waals surface area contributed by atoms with Gasteiger partial charge >= 0.3 is 0 Å². The molecular weight excluding hydrogens is 364 g/mol. The predicted octanol–water partition coefficient (Wildman–Crippen LogP) is 3.71. The zero-order valence-corrected chi connectivity index (χ0v) is 14.9. The van der Waals surface area contributed by atoms with Gasteiger partial charge < -0.3 is 18.9 Å². The fraction of sp³-hybridized carbons (Fsp3) is 0.235. The number of benzene rings is 2. The molecule has 0 bridgehead atoms. The normalized spacial score (nSPS) is 10.1. The van der Waals surface area contributed by atoms with E-state index >= 15 is 0 Å². The first-order valence-corrected chi connectivity index (χ1v) is 7.52. The van der Waals surface area contributed by atoms with E-state index in [1.165, 1.54) is 21.3 Å². The third-order valence-corrected chi connectivity index (χ3v) is 3.99. The van der Waals surface area contributed by atoms with E-state index in [1.54, 1.807) is 37.4 Å². The van der Waals surface area contributed by atoms with Crippen molar-refractivity contribution in [1.82, 2.24) is 0 Å². The van der Waals surface area contributed by atoms with Gasteiger partial charge in [0.05, 0.1) is 28.4 Å². The van der Waals surface area contributed by atoms with Crippen LogP contribution in [0.15, 0.2) is 34.8 Å². The Morgan fingerprint density at radius 1 is 0.783 bits per heavy atom.